The Hall–Kier alpha value is -0.810. The van der Waals surface area contributed by atoms with Crippen LogP contribution in [0.2, 0.25) is 0 Å². The van der Waals surface area contributed by atoms with E-state index in [0.717, 1.165) is 13.8 Å². The van der Waals surface area contributed by atoms with Gasteiger partial charge in [-0.3, -0.25) is 0 Å². The van der Waals surface area contributed by atoms with Gasteiger partial charge in [0.15, 0.2) is 0 Å². The molecule has 0 aliphatic rings. The highest BCUT2D eigenvalue weighted by atomic mass is 19.4. The standard InChI is InChI=1S/C7H10F4O2/c1-4(2)6(8,5(12)13-3)7(9,10)11/h4H,1-3H3. The molecular weight excluding hydrogens is 192 g/mol. The lowest BCUT2D eigenvalue weighted by atomic mass is 9.92. The van der Waals surface area contributed by atoms with Gasteiger partial charge in [-0.05, 0) is 0 Å². The Kier molecular flexibility index (Phi) is 3.29. The number of halogens is 4. The van der Waals surface area contributed by atoms with Crippen molar-refractivity contribution in [1.29, 1.82) is 0 Å². The van der Waals surface area contributed by atoms with Gasteiger partial charge in [-0.15, -0.1) is 0 Å². The summed E-state index contributed by atoms with van der Waals surface area (Å²) in [6, 6.07) is 0. The third-order valence-corrected chi connectivity index (χ3v) is 1.69. The second-order valence-corrected chi connectivity index (χ2v) is 2.86. The second kappa shape index (κ2) is 3.51. The van der Waals surface area contributed by atoms with Gasteiger partial charge < -0.3 is 4.74 Å². The minimum Gasteiger partial charge on any atom is -0.466 e. The van der Waals surface area contributed by atoms with Gasteiger partial charge in [0.2, 0.25) is 0 Å². The highest BCUT2D eigenvalue weighted by Gasteiger charge is 2.64. The Bertz CT molecular complexity index is 199. The molecule has 13 heavy (non-hydrogen) atoms. The smallest absolute Gasteiger partial charge is 0.433 e. The van der Waals surface area contributed by atoms with E-state index in [1.807, 2.05) is 0 Å². The molecule has 0 aromatic heterocycles. The number of ether oxygens (including phenoxy) is 1. The monoisotopic (exact) mass is 202 g/mol. The van der Waals surface area contributed by atoms with Crippen molar-refractivity contribution >= 4 is 5.97 Å². The molecule has 0 aromatic rings. The van der Waals surface area contributed by atoms with Gasteiger partial charge in [0, 0.05) is 5.92 Å². The quantitative estimate of drug-likeness (QED) is 0.506. The fraction of sp³-hybridized carbons (Fsp3) is 0.857. The average Bonchev–Trinajstić information content (AvgIpc) is 1.98. The van der Waals surface area contributed by atoms with Gasteiger partial charge in [-0.25, -0.2) is 9.18 Å². The number of carbonyl (C=O) groups excluding carboxylic acids is 1. The van der Waals surface area contributed by atoms with E-state index in [0.29, 0.717) is 7.11 Å². The fourth-order valence-corrected chi connectivity index (χ4v) is 0.827. The van der Waals surface area contributed by atoms with Crippen molar-refractivity contribution in [2.75, 3.05) is 7.11 Å². The van der Waals surface area contributed by atoms with Crippen molar-refractivity contribution in [2.24, 2.45) is 5.92 Å². The molecule has 6 heteroatoms. The summed E-state index contributed by atoms with van der Waals surface area (Å²) in [6.07, 6.45) is -5.24. The molecule has 0 aliphatic carbocycles. The molecule has 0 rings (SSSR count). The molecule has 0 amide bonds. The lowest BCUT2D eigenvalue weighted by Crippen LogP contribution is -2.52. The Labute approximate surface area is 72.9 Å². The number of esters is 1. The van der Waals surface area contributed by atoms with Crippen molar-refractivity contribution in [3.63, 3.8) is 0 Å². The first kappa shape index (κ1) is 12.2. The number of rotatable bonds is 2. The van der Waals surface area contributed by atoms with Crippen LogP contribution in [0, 0.1) is 5.92 Å². The molecule has 1 unspecified atom stereocenters. The Morgan fingerprint density at radius 1 is 1.23 bits per heavy atom. The van der Waals surface area contributed by atoms with Crippen molar-refractivity contribution in [1.82, 2.24) is 0 Å². The SMILES string of the molecule is COC(=O)C(F)(C(C)C)C(F)(F)F. The van der Waals surface area contributed by atoms with Crippen LogP contribution in [0.3, 0.4) is 0 Å². The molecule has 1 atom stereocenters. The van der Waals surface area contributed by atoms with Crippen molar-refractivity contribution in [3.05, 3.63) is 0 Å². The van der Waals surface area contributed by atoms with Crippen LogP contribution in [0.1, 0.15) is 13.8 Å². The average molecular weight is 202 g/mol. The highest BCUT2D eigenvalue weighted by Crippen LogP contribution is 2.40. The maximum atomic E-state index is 13.2. The molecule has 0 aliphatic heterocycles. The third kappa shape index (κ3) is 1.92. The van der Waals surface area contributed by atoms with E-state index in [1.54, 1.807) is 0 Å². The van der Waals surface area contributed by atoms with E-state index in [4.69, 9.17) is 0 Å². The summed E-state index contributed by atoms with van der Waals surface area (Å²) in [5.41, 5.74) is -3.91. The molecule has 78 valence electrons. The zero-order valence-corrected chi connectivity index (χ0v) is 7.41. The summed E-state index contributed by atoms with van der Waals surface area (Å²) in [4.78, 5) is 10.6. The Balaban J connectivity index is 5.08. The molecule has 0 bridgehead atoms. The number of hydrogen-bond acceptors (Lipinski definition) is 2. The summed E-state index contributed by atoms with van der Waals surface area (Å²) in [5.74, 6) is -3.42. The first-order chi connectivity index (χ1) is 5.67. The van der Waals surface area contributed by atoms with Gasteiger partial charge in [0.25, 0.3) is 0 Å². The minimum atomic E-state index is -5.24. The van der Waals surface area contributed by atoms with Crippen LogP contribution < -0.4 is 0 Å². The van der Waals surface area contributed by atoms with Crippen LogP contribution >= 0.6 is 0 Å². The van der Waals surface area contributed by atoms with Gasteiger partial charge in [0.05, 0.1) is 7.11 Å². The molecule has 0 aromatic carbocycles. The van der Waals surface area contributed by atoms with E-state index in [2.05, 4.69) is 4.74 Å². The van der Waals surface area contributed by atoms with E-state index in [-0.39, 0.29) is 0 Å². The normalized spacial score (nSPS) is 16.9. The zero-order chi connectivity index (χ0) is 10.9. The van der Waals surface area contributed by atoms with Crippen LogP contribution in [0.5, 0.6) is 0 Å². The van der Waals surface area contributed by atoms with Crippen LogP contribution in [-0.2, 0) is 9.53 Å². The molecule has 0 radical (unpaired) electrons. The minimum absolute atomic E-state index is 0.713. The maximum absolute atomic E-state index is 13.2. The van der Waals surface area contributed by atoms with Crippen LogP contribution in [0.15, 0.2) is 0 Å². The van der Waals surface area contributed by atoms with Gasteiger partial charge in [0.1, 0.15) is 0 Å². The molecule has 2 nitrogen and oxygen atoms in total. The molecule has 0 fully saturated rings. The molecule has 0 saturated carbocycles. The van der Waals surface area contributed by atoms with Crippen LogP contribution in [0.25, 0.3) is 0 Å². The number of carbonyl (C=O) groups is 1. The predicted molar refractivity (Wildman–Crippen MR) is 36.7 cm³/mol. The maximum Gasteiger partial charge on any atom is 0.433 e. The largest absolute Gasteiger partial charge is 0.466 e. The first-order valence-corrected chi connectivity index (χ1v) is 3.52. The van der Waals surface area contributed by atoms with E-state index in [1.165, 1.54) is 0 Å². The Morgan fingerprint density at radius 2 is 1.62 bits per heavy atom. The molecule has 0 spiro atoms. The zero-order valence-electron chi connectivity index (χ0n) is 7.41. The molecular formula is C7H10F4O2. The lowest BCUT2D eigenvalue weighted by Gasteiger charge is -2.28. The fourth-order valence-electron chi connectivity index (χ4n) is 0.827. The van der Waals surface area contributed by atoms with Crippen molar-refractivity contribution < 1.29 is 27.1 Å². The van der Waals surface area contributed by atoms with E-state index < -0.39 is 23.7 Å². The van der Waals surface area contributed by atoms with Crippen LogP contribution in [0.4, 0.5) is 17.6 Å². The summed E-state index contributed by atoms with van der Waals surface area (Å²) in [7, 11) is 0.713. The topological polar surface area (TPSA) is 26.3 Å². The summed E-state index contributed by atoms with van der Waals surface area (Å²) in [6.45, 7) is 1.93. The van der Waals surface area contributed by atoms with Gasteiger partial charge >= 0.3 is 17.8 Å². The van der Waals surface area contributed by atoms with E-state index >= 15 is 0 Å². The predicted octanol–water partition coefficient (Wildman–Crippen LogP) is 2.09. The Morgan fingerprint density at radius 3 is 1.69 bits per heavy atom. The summed E-state index contributed by atoms with van der Waals surface area (Å²) >= 11 is 0. The second-order valence-electron chi connectivity index (χ2n) is 2.86. The number of alkyl halides is 4. The molecule has 0 heterocycles. The van der Waals surface area contributed by atoms with Gasteiger partial charge in [-0.2, -0.15) is 13.2 Å². The highest BCUT2D eigenvalue weighted by molar-refractivity contribution is 5.80. The molecule has 0 N–H and O–H groups in total. The number of hydrogen-bond donors (Lipinski definition) is 0. The van der Waals surface area contributed by atoms with Crippen molar-refractivity contribution in [3.8, 4) is 0 Å². The summed E-state index contributed by atoms with van der Waals surface area (Å²) in [5, 5.41) is 0. The van der Waals surface area contributed by atoms with Gasteiger partial charge in [-0.1, -0.05) is 13.8 Å². The van der Waals surface area contributed by atoms with Crippen LogP contribution in [-0.4, -0.2) is 24.9 Å². The van der Waals surface area contributed by atoms with Crippen molar-refractivity contribution in [2.45, 2.75) is 25.7 Å². The lowest BCUT2D eigenvalue weighted by molar-refractivity contribution is -0.249. The molecule has 0 saturated heterocycles. The number of methoxy groups -OCH3 is 1. The first-order valence-electron chi connectivity index (χ1n) is 3.52. The third-order valence-electron chi connectivity index (χ3n) is 1.69. The van der Waals surface area contributed by atoms with E-state index in [9.17, 15) is 22.4 Å². The summed E-state index contributed by atoms with van der Waals surface area (Å²) < 4.78 is 53.3.